The molecule has 0 saturated carbocycles. The van der Waals surface area contributed by atoms with Gasteiger partial charge in [-0.25, -0.2) is 0 Å². The molecule has 0 saturated heterocycles. The lowest BCUT2D eigenvalue weighted by atomic mass is 10.0. The van der Waals surface area contributed by atoms with E-state index in [-0.39, 0.29) is 5.91 Å². The first-order valence-corrected chi connectivity index (χ1v) is 8.23. The van der Waals surface area contributed by atoms with Crippen molar-refractivity contribution in [2.24, 2.45) is 0 Å². The molecule has 0 atom stereocenters. The summed E-state index contributed by atoms with van der Waals surface area (Å²) in [4.78, 5) is 12.5. The van der Waals surface area contributed by atoms with Gasteiger partial charge < -0.3 is 5.32 Å². The molecule has 0 spiro atoms. The molecule has 0 aliphatic rings. The van der Waals surface area contributed by atoms with Gasteiger partial charge in [0.25, 0.3) is 5.91 Å². The quantitative estimate of drug-likeness (QED) is 0.585. The maximum atomic E-state index is 12.5. The van der Waals surface area contributed by atoms with Crippen molar-refractivity contribution in [3.05, 3.63) is 87.9 Å². The molecule has 0 fully saturated rings. The Morgan fingerprint density at radius 2 is 1.52 bits per heavy atom. The molecule has 0 aliphatic heterocycles. The summed E-state index contributed by atoms with van der Waals surface area (Å²) in [6.07, 6.45) is 0. The highest BCUT2D eigenvalue weighted by Crippen LogP contribution is 2.29. The molecule has 3 rings (SSSR count). The average Bonchev–Trinajstić information content (AvgIpc) is 2.56. The van der Waals surface area contributed by atoms with Crippen LogP contribution in [0, 0.1) is 0 Å². The number of hydrogen-bond acceptors (Lipinski definition) is 1. The second-order valence-corrected chi connectivity index (χ2v) is 6.28. The number of carbonyl (C=O) groups is 1. The normalized spacial score (nSPS) is 10.3. The predicted molar refractivity (Wildman–Crippen MR) is 99.0 cm³/mol. The van der Waals surface area contributed by atoms with E-state index >= 15 is 0 Å². The molecule has 0 radical (unpaired) electrons. The van der Waals surface area contributed by atoms with Crippen molar-refractivity contribution >= 4 is 39.1 Å². The van der Waals surface area contributed by atoms with E-state index in [1.807, 2.05) is 66.7 Å². The zero-order valence-electron chi connectivity index (χ0n) is 12.1. The fourth-order valence-electron chi connectivity index (χ4n) is 2.31. The predicted octanol–water partition coefficient (Wildman–Crippen LogP) is 6.02. The minimum atomic E-state index is -0.154. The molecule has 3 aromatic carbocycles. The molecule has 4 heteroatoms. The van der Waals surface area contributed by atoms with Crippen molar-refractivity contribution in [2.75, 3.05) is 5.32 Å². The maximum absolute atomic E-state index is 12.5. The monoisotopic (exact) mass is 385 g/mol. The van der Waals surface area contributed by atoms with Crippen LogP contribution in [0.3, 0.4) is 0 Å². The topological polar surface area (TPSA) is 29.1 Å². The SMILES string of the molecule is O=C(Nc1ccccc1-c1ccc(Cl)cc1)c1ccccc1Br. The van der Waals surface area contributed by atoms with Gasteiger partial charge in [-0.1, -0.05) is 54.1 Å². The van der Waals surface area contributed by atoms with Crippen LogP contribution in [0.4, 0.5) is 5.69 Å². The van der Waals surface area contributed by atoms with Gasteiger partial charge in [-0.3, -0.25) is 4.79 Å². The first kappa shape index (κ1) is 15.8. The largest absolute Gasteiger partial charge is 0.321 e. The minimum Gasteiger partial charge on any atom is -0.321 e. The Morgan fingerprint density at radius 3 is 2.26 bits per heavy atom. The first-order chi connectivity index (χ1) is 11.1. The third kappa shape index (κ3) is 3.63. The molecule has 3 aromatic rings. The maximum Gasteiger partial charge on any atom is 0.256 e. The van der Waals surface area contributed by atoms with Crippen molar-refractivity contribution in [1.29, 1.82) is 0 Å². The number of benzene rings is 3. The number of halogens is 2. The molecule has 114 valence electrons. The molecule has 0 aliphatic carbocycles. The van der Waals surface area contributed by atoms with Crippen LogP contribution in [0.1, 0.15) is 10.4 Å². The lowest BCUT2D eigenvalue weighted by Crippen LogP contribution is -2.13. The number of carbonyl (C=O) groups excluding carboxylic acids is 1. The summed E-state index contributed by atoms with van der Waals surface area (Å²) in [6.45, 7) is 0. The van der Waals surface area contributed by atoms with E-state index in [2.05, 4.69) is 21.2 Å². The molecule has 0 heterocycles. The molecule has 23 heavy (non-hydrogen) atoms. The second-order valence-electron chi connectivity index (χ2n) is 4.99. The zero-order valence-corrected chi connectivity index (χ0v) is 14.4. The van der Waals surface area contributed by atoms with E-state index in [1.54, 1.807) is 6.07 Å². The third-order valence-corrected chi connectivity index (χ3v) is 4.39. The van der Waals surface area contributed by atoms with Gasteiger partial charge in [0.1, 0.15) is 0 Å². The van der Waals surface area contributed by atoms with Crippen molar-refractivity contribution in [3.8, 4) is 11.1 Å². The molecular weight excluding hydrogens is 374 g/mol. The van der Waals surface area contributed by atoms with E-state index in [0.29, 0.717) is 10.6 Å². The van der Waals surface area contributed by atoms with Crippen LogP contribution in [0.15, 0.2) is 77.3 Å². The first-order valence-electron chi connectivity index (χ1n) is 7.06. The Labute approximate surface area is 148 Å². The van der Waals surface area contributed by atoms with Crippen molar-refractivity contribution < 1.29 is 4.79 Å². The summed E-state index contributed by atoms with van der Waals surface area (Å²) >= 11 is 9.35. The highest BCUT2D eigenvalue weighted by Gasteiger charge is 2.12. The number of amides is 1. The summed E-state index contributed by atoms with van der Waals surface area (Å²) in [5, 5.41) is 3.66. The number of hydrogen-bond donors (Lipinski definition) is 1. The molecule has 0 aromatic heterocycles. The van der Waals surface area contributed by atoms with Gasteiger partial charge in [0.2, 0.25) is 0 Å². The van der Waals surface area contributed by atoms with Crippen LogP contribution in [0.25, 0.3) is 11.1 Å². The number of anilines is 1. The van der Waals surface area contributed by atoms with Crippen molar-refractivity contribution in [3.63, 3.8) is 0 Å². The van der Waals surface area contributed by atoms with Gasteiger partial charge in [-0.05, 0) is 51.8 Å². The molecule has 0 unspecified atom stereocenters. The zero-order chi connectivity index (χ0) is 16.2. The van der Waals surface area contributed by atoms with Crippen LogP contribution in [0.2, 0.25) is 5.02 Å². The van der Waals surface area contributed by atoms with E-state index in [1.165, 1.54) is 0 Å². The lowest BCUT2D eigenvalue weighted by molar-refractivity contribution is 0.102. The van der Waals surface area contributed by atoms with Crippen LogP contribution in [0.5, 0.6) is 0 Å². The number of nitrogens with one attached hydrogen (secondary N) is 1. The van der Waals surface area contributed by atoms with E-state index in [0.717, 1.165) is 21.3 Å². The van der Waals surface area contributed by atoms with E-state index < -0.39 is 0 Å². The smallest absolute Gasteiger partial charge is 0.256 e. The number of para-hydroxylation sites is 1. The van der Waals surface area contributed by atoms with Gasteiger partial charge >= 0.3 is 0 Å². The standard InChI is InChI=1S/C19H13BrClNO/c20-17-7-3-1-6-16(17)19(23)22-18-8-4-2-5-15(18)13-9-11-14(21)12-10-13/h1-12H,(H,22,23). The highest BCUT2D eigenvalue weighted by atomic mass is 79.9. The molecular formula is C19H13BrClNO. The van der Waals surface area contributed by atoms with Crippen LogP contribution in [-0.4, -0.2) is 5.91 Å². The highest BCUT2D eigenvalue weighted by molar-refractivity contribution is 9.10. The fourth-order valence-corrected chi connectivity index (χ4v) is 2.90. The summed E-state index contributed by atoms with van der Waals surface area (Å²) in [7, 11) is 0. The van der Waals surface area contributed by atoms with E-state index in [9.17, 15) is 4.79 Å². The molecule has 1 amide bonds. The van der Waals surface area contributed by atoms with Gasteiger partial charge in [-0.15, -0.1) is 0 Å². The fraction of sp³-hybridized carbons (Fsp3) is 0. The summed E-state index contributed by atoms with van der Waals surface area (Å²) < 4.78 is 0.765. The molecule has 0 bridgehead atoms. The summed E-state index contributed by atoms with van der Waals surface area (Å²) in [5.41, 5.74) is 3.30. The van der Waals surface area contributed by atoms with Gasteiger partial charge in [-0.2, -0.15) is 0 Å². The Kier molecular flexibility index (Phi) is 4.79. The molecule has 2 nitrogen and oxygen atoms in total. The third-order valence-electron chi connectivity index (χ3n) is 3.45. The second kappa shape index (κ2) is 6.99. The summed E-state index contributed by atoms with van der Waals surface area (Å²) in [5.74, 6) is -0.154. The Hall–Kier alpha value is -2.10. The Morgan fingerprint density at radius 1 is 0.870 bits per heavy atom. The molecule has 1 N–H and O–H groups in total. The van der Waals surface area contributed by atoms with Gasteiger partial charge in [0.15, 0.2) is 0 Å². The van der Waals surface area contributed by atoms with Crippen LogP contribution in [-0.2, 0) is 0 Å². The van der Waals surface area contributed by atoms with Gasteiger partial charge in [0, 0.05) is 20.7 Å². The Bertz CT molecular complexity index is 846. The minimum absolute atomic E-state index is 0.154. The average molecular weight is 387 g/mol. The van der Waals surface area contributed by atoms with Crippen molar-refractivity contribution in [2.45, 2.75) is 0 Å². The lowest BCUT2D eigenvalue weighted by Gasteiger charge is -2.12. The summed E-state index contributed by atoms with van der Waals surface area (Å²) in [6, 6.07) is 22.6. The van der Waals surface area contributed by atoms with Crippen LogP contribution < -0.4 is 5.32 Å². The Balaban J connectivity index is 1.94. The van der Waals surface area contributed by atoms with Crippen LogP contribution >= 0.6 is 27.5 Å². The van der Waals surface area contributed by atoms with Gasteiger partial charge in [0.05, 0.1) is 5.56 Å². The van der Waals surface area contributed by atoms with Crippen molar-refractivity contribution in [1.82, 2.24) is 0 Å². The van der Waals surface area contributed by atoms with E-state index in [4.69, 9.17) is 11.6 Å². The number of rotatable bonds is 3.